The van der Waals surface area contributed by atoms with Crippen LogP contribution in [0.3, 0.4) is 0 Å². The average Bonchev–Trinajstić information content (AvgIpc) is 2.90. The summed E-state index contributed by atoms with van der Waals surface area (Å²) in [6, 6.07) is 8.71. The van der Waals surface area contributed by atoms with Gasteiger partial charge in [-0.2, -0.15) is 0 Å². The van der Waals surface area contributed by atoms with E-state index in [2.05, 4.69) is 51.1 Å². The van der Waals surface area contributed by atoms with Crippen molar-refractivity contribution >= 4 is 97.4 Å². The van der Waals surface area contributed by atoms with Gasteiger partial charge in [0.15, 0.2) is 0 Å². The normalized spacial score (nSPS) is 15.1. The second-order valence-electron chi connectivity index (χ2n) is 5.81. The van der Waals surface area contributed by atoms with Crippen molar-refractivity contribution in [2.75, 3.05) is 6.61 Å². The fraction of sp³-hybridized carbons (Fsp3) is 0.100. The molecule has 0 aromatic heterocycles. The van der Waals surface area contributed by atoms with Crippen molar-refractivity contribution in [3.63, 3.8) is 0 Å². The minimum absolute atomic E-state index is 0.0892. The molecule has 0 radical (unpaired) electrons. The Labute approximate surface area is 209 Å². The molecule has 0 unspecified atom stereocenters. The maximum Gasteiger partial charge on any atom is 0.293 e. The zero-order chi connectivity index (χ0) is 21.1. The molecule has 0 spiro atoms. The van der Waals surface area contributed by atoms with E-state index in [1.54, 1.807) is 24.3 Å². The van der Waals surface area contributed by atoms with Crippen LogP contribution >= 0.6 is 80.1 Å². The lowest BCUT2D eigenvalue weighted by Crippen LogP contribution is -2.27. The van der Waals surface area contributed by atoms with E-state index < -0.39 is 0 Å². The lowest BCUT2D eigenvalue weighted by Gasteiger charge is -2.13. The third kappa shape index (κ3) is 5.41. The highest BCUT2D eigenvalue weighted by molar-refractivity contribution is 14.1. The number of rotatable bonds is 5. The van der Waals surface area contributed by atoms with Gasteiger partial charge in [0.2, 0.25) is 0 Å². The number of carbonyl (C=O) groups excluding carboxylic acids is 2. The van der Waals surface area contributed by atoms with Gasteiger partial charge in [0, 0.05) is 10.0 Å². The molecule has 148 valence electrons. The molecule has 1 aliphatic rings. The van der Waals surface area contributed by atoms with Gasteiger partial charge in [-0.3, -0.25) is 14.5 Å². The van der Waals surface area contributed by atoms with Gasteiger partial charge < -0.3 is 4.74 Å². The molecule has 2 aromatic carbocycles. The van der Waals surface area contributed by atoms with Crippen molar-refractivity contribution in [2.45, 2.75) is 6.54 Å². The molecule has 0 N–H and O–H groups in total. The van der Waals surface area contributed by atoms with Gasteiger partial charge in [-0.15, -0.1) is 6.42 Å². The summed E-state index contributed by atoms with van der Waals surface area (Å²) < 4.78 is 7.28. The summed E-state index contributed by atoms with van der Waals surface area (Å²) >= 11 is 17.3. The van der Waals surface area contributed by atoms with Crippen LogP contribution in [0.1, 0.15) is 11.1 Å². The van der Waals surface area contributed by atoms with Gasteiger partial charge in [-0.25, -0.2) is 0 Å². The van der Waals surface area contributed by atoms with Crippen molar-refractivity contribution in [3.8, 4) is 18.1 Å². The predicted molar refractivity (Wildman–Crippen MR) is 134 cm³/mol. The zero-order valence-electron chi connectivity index (χ0n) is 14.5. The van der Waals surface area contributed by atoms with Gasteiger partial charge in [-0.1, -0.05) is 35.2 Å². The van der Waals surface area contributed by atoms with Gasteiger partial charge in [0.1, 0.15) is 12.4 Å². The lowest BCUT2D eigenvalue weighted by atomic mass is 10.2. The highest BCUT2D eigenvalue weighted by Gasteiger charge is 2.35. The Morgan fingerprint density at radius 1 is 1.17 bits per heavy atom. The molecule has 1 heterocycles. The summed E-state index contributed by atoms with van der Waals surface area (Å²) in [6.45, 7) is 0.267. The average molecular weight is 670 g/mol. The number of thioether (sulfide) groups is 1. The Hall–Kier alpha value is -0.930. The van der Waals surface area contributed by atoms with E-state index in [0.29, 0.717) is 26.3 Å². The standard InChI is InChI=1S/C20H11Cl2I2NO3S/c1-2-5-28-18-15(23)6-11(7-16(18)24)8-17-19(26)25(20(27)29-17)10-12-3-4-13(21)9-14(12)22/h1,3-4,6-9H,5,10H2/b17-8-. The summed E-state index contributed by atoms with van der Waals surface area (Å²) in [6.07, 6.45) is 6.95. The molecule has 2 aromatic rings. The molecule has 2 amide bonds. The first-order chi connectivity index (χ1) is 13.8. The molecular formula is C20H11Cl2I2NO3S. The summed E-state index contributed by atoms with van der Waals surface area (Å²) in [5.74, 6) is 2.78. The molecule has 3 rings (SSSR count). The van der Waals surface area contributed by atoms with Crippen molar-refractivity contribution < 1.29 is 14.3 Å². The van der Waals surface area contributed by atoms with E-state index in [1.165, 1.54) is 4.90 Å². The molecular weight excluding hydrogens is 659 g/mol. The topological polar surface area (TPSA) is 46.6 Å². The van der Waals surface area contributed by atoms with E-state index in [-0.39, 0.29) is 24.3 Å². The number of carbonyl (C=O) groups is 2. The van der Waals surface area contributed by atoms with Crippen LogP contribution in [0.4, 0.5) is 4.79 Å². The third-order valence-electron chi connectivity index (χ3n) is 3.84. The van der Waals surface area contributed by atoms with Crippen LogP contribution in [0.25, 0.3) is 6.08 Å². The molecule has 1 aliphatic heterocycles. The van der Waals surface area contributed by atoms with E-state index in [4.69, 9.17) is 34.4 Å². The number of benzene rings is 2. The Bertz CT molecular complexity index is 1060. The molecule has 0 atom stereocenters. The number of terminal acetylenes is 1. The predicted octanol–water partition coefficient (Wildman–Crippen LogP) is 6.45. The van der Waals surface area contributed by atoms with Crippen molar-refractivity contribution in [1.29, 1.82) is 0 Å². The van der Waals surface area contributed by atoms with Crippen molar-refractivity contribution in [2.24, 2.45) is 0 Å². The Morgan fingerprint density at radius 3 is 2.48 bits per heavy atom. The highest BCUT2D eigenvalue weighted by Crippen LogP contribution is 2.36. The summed E-state index contributed by atoms with van der Waals surface area (Å²) in [5, 5.41) is 0.560. The van der Waals surface area contributed by atoms with Gasteiger partial charge >= 0.3 is 0 Å². The van der Waals surface area contributed by atoms with Gasteiger partial charge in [-0.05, 0) is 98.4 Å². The number of amides is 2. The fourth-order valence-electron chi connectivity index (χ4n) is 2.52. The first-order valence-electron chi connectivity index (χ1n) is 8.04. The van der Waals surface area contributed by atoms with Crippen molar-refractivity contribution in [3.05, 3.63) is 63.5 Å². The zero-order valence-corrected chi connectivity index (χ0v) is 21.2. The van der Waals surface area contributed by atoms with Crippen LogP contribution < -0.4 is 4.74 Å². The second-order valence-corrected chi connectivity index (χ2v) is 9.97. The maximum atomic E-state index is 12.8. The first-order valence-corrected chi connectivity index (χ1v) is 11.8. The largest absolute Gasteiger partial charge is 0.479 e. The van der Waals surface area contributed by atoms with Crippen LogP contribution in [-0.2, 0) is 11.3 Å². The number of ether oxygens (including phenoxy) is 1. The monoisotopic (exact) mass is 669 g/mol. The summed E-state index contributed by atoms with van der Waals surface area (Å²) in [4.78, 5) is 26.7. The van der Waals surface area contributed by atoms with E-state index in [1.807, 2.05) is 12.1 Å². The minimum atomic E-state index is -0.358. The highest BCUT2D eigenvalue weighted by atomic mass is 127. The Kier molecular flexibility index (Phi) is 7.78. The minimum Gasteiger partial charge on any atom is -0.479 e. The van der Waals surface area contributed by atoms with Gasteiger partial charge in [0.25, 0.3) is 11.1 Å². The van der Waals surface area contributed by atoms with E-state index in [9.17, 15) is 9.59 Å². The maximum absolute atomic E-state index is 12.8. The molecule has 29 heavy (non-hydrogen) atoms. The van der Waals surface area contributed by atoms with Gasteiger partial charge in [0.05, 0.1) is 18.6 Å². The molecule has 0 aliphatic carbocycles. The quantitative estimate of drug-likeness (QED) is 0.209. The molecule has 0 bridgehead atoms. The number of halogens is 4. The van der Waals surface area contributed by atoms with Crippen LogP contribution in [0.5, 0.6) is 5.75 Å². The number of nitrogens with zero attached hydrogens (tertiary/aromatic N) is 1. The van der Waals surface area contributed by atoms with Crippen LogP contribution in [0.15, 0.2) is 35.2 Å². The Morgan fingerprint density at radius 2 is 1.86 bits per heavy atom. The molecule has 1 saturated heterocycles. The summed E-state index contributed by atoms with van der Waals surface area (Å²) in [5.41, 5.74) is 1.45. The molecule has 0 saturated carbocycles. The second kappa shape index (κ2) is 9.92. The first kappa shape index (κ1) is 22.7. The molecule has 1 fully saturated rings. The van der Waals surface area contributed by atoms with Crippen LogP contribution in [0.2, 0.25) is 10.0 Å². The van der Waals surface area contributed by atoms with E-state index in [0.717, 1.165) is 24.5 Å². The van der Waals surface area contributed by atoms with E-state index >= 15 is 0 Å². The number of hydrogen-bond acceptors (Lipinski definition) is 4. The smallest absolute Gasteiger partial charge is 0.293 e. The fourth-order valence-corrected chi connectivity index (χ4v) is 5.96. The Balaban J connectivity index is 1.83. The molecule has 4 nitrogen and oxygen atoms in total. The number of hydrogen-bond donors (Lipinski definition) is 0. The van der Waals surface area contributed by atoms with Crippen molar-refractivity contribution in [1.82, 2.24) is 4.90 Å². The van der Waals surface area contributed by atoms with Crippen LogP contribution in [-0.4, -0.2) is 22.7 Å². The number of imide groups is 1. The lowest BCUT2D eigenvalue weighted by molar-refractivity contribution is -0.123. The SMILES string of the molecule is C#CCOc1c(I)cc(/C=C2\SC(=O)N(Cc3ccc(Cl)cc3Cl)C2=O)cc1I. The third-order valence-corrected chi connectivity index (χ3v) is 6.93. The molecule has 9 heteroatoms. The summed E-state index contributed by atoms with van der Waals surface area (Å²) in [7, 11) is 0. The van der Waals surface area contributed by atoms with Crippen LogP contribution in [0, 0.1) is 19.5 Å².